The maximum absolute atomic E-state index is 10.8. The Bertz CT molecular complexity index is 507. The Morgan fingerprint density at radius 1 is 1.10 bits per heavy atom. The van der Waals surface area contributed by atoms with E-state index in [2.05, 4.69) is 26.2 Å². The van der Waals surface area contributed by atoms with E-state index in [1.807, 2.05) is 24.3 Å². The van der Waals surface area contributed by atoms with Gasteiger partial charge in [-0.15, -0.1) is 0 Å². The van der Waals surface area contributed by atoms with Gasteiger partial charge >= 0.3 is 0 Å². The van der Waals surface area contributed by atoms with Crippen molar-refractivity contribution < 1.29 is 9.22 Å². The highest BCUT2D eigenvalue weighted by molar-refractivity contribution is 7.38. The Balaban J connectivity index is 0.000000157. The van der Waals surface area contributed by atoms with Gasteiger partial charge in [-0.2, -0.15) is 0 Å². The summed E-state index contributed by atoms with van der Waals surface area (Å²) in [6.45, 7) is 9.22. The van der Waals surface area contributed by atoms with Crippen molar-refractivity contribution in [2.24, 2.45) is 0 Å². The summed E-state index contributed by atoms with van der Waals surface area (Å²) in [5.74, 6) is 0.185. The highest BCUT2D eigenvalue weighted by Crippen LogP contribution is 2.43. The highest BCUT2D eigenvalue weighted by Gasteiger charge is 2.51. The zero-order chi connectivity index (χ0) is 15.2. The van der Waals surface area contributed by atoms with Gasteiger partial charge in [0.2, 0.25) is 4.52 Å². The van der Waals surface area contributed by atoms with Gasteiger partial charge in [0.15, 0.2) is 13.6 Å². The monoisotopic (exact) mass is 346 g/mol. The highest BCUT2D eigenvalue weighted by atomic mass is 35.5. The maximum atomic E-state index is 10.8. The summed E-state index contributed by atoms with van der Waals surface area (Å²) in [6, 6.07) is 1.19. The zero-order valence-electron chi connectivity index (χ0n) is 12.3. The number of allylic oxidation sites excluding steroid dienone is 6. The van der Waals surface area contributed by atoms with Crippen molar-refractivity contribution in [3.63, 3.8) is 0 Å². The number of halogens is 2. The predicted molar refractivity (Wildman–Crippen MR) is 90.2 cm³/mol. The lowest BCUT2D eigenvalue weighted by Crippen LogP contribution is -2.62. The normalized spacial score (nSPS) is 27.6. The first-order valence-corrected chi connectivity index (χ1v) is 14.6. The molecule has 2 aliphatic carbocycles. The van der Waals surface area contributed by atoms with E-state index in [1.165, 1.54) is 6.04 Å². The number of hydrogen-bond donors (Lipinski definition) is 0. The number of carbonyl (C=O) groups is 1. The van der Waals surface area contributed by atoms with Gasteiger partial charge in [0.25, 0.3) is 0 Å². The molecule has 2 nitrogen and oxygen atoms in total. The Morgan fingerprint density at radius 3 is 1.85 bits per heavy atom. The molecule has 0 atom stereocenters. The van der Waals surface area contributed by atoms with Crippen molar-refractivity contribution >= 4 is 44.4 Å². The molecule has 0 radical (unpaired) electrons. The summed E-state index contributed by atoms with van der Waals surface area (Å²) < 4.78 is 4.92. The molecule has 2 bridgehead atoms. The van der Waals surface area contributed by atoms with E-state index in [1.54, 1.807) is 0 Å². The van der Waals surface area contributed by atoms with Crippen molar-refractivity contribution in [2.45, 2.75) is 43.2 Å². The van der Waals surface area contributed by atoms with Crippen LogP contribution in [0.3, 0.4) is 0 Å². The summed E-state index contributed by atoms with van der Waals surface area (Å²) in [6.07, 6.45) is 8.18. The molecule has 110 valence electrons. The van der Waals surface area contributed by atoms with E-state index in [9.17, 15) is 4.79 Å². The van der Waals surface area contributed by atoms with Gasteiger partial charge in [-0.1, -0.05) is 66.6 Å². The van der Waals surface area contributed by atoms with E-state index >= 15 is 0 Å². The fraction of sp³-hybridized carbons (Fsp3) is 0.500. The van der Waals surface area contributed by atoms with E-state index in [0.29, 0.717) is 0 Å². The van der Waals surface area contributed by atoms with Gasteiger partial charge in [0.05, 0.1) is 7.59 Å². The van der Waals surface area contributed by atoms with Crippen LogP contribution in [0.25, 0.3) is 0 Å². The second-order valence-electron chi connectivity index (χ2n) is 6.54. The topological polar surface area (TPSA) is 26.3 Å². The predicted octanol–water partition coefficient (Wildman–Crippen LogP) is 4.52. The van der Waals surface area contributed by atoms with Crippen molar-refractivity contribution in [2.75, 3.05) is 0 Å². The number of ketones is 1. The van der Waals surface area contributed by atoms with E-state index in [0.717, 1.165) is 17.6 Å². The molecule has 0 aromatic carbocycles. The minimum Gasteiger partial charge on any atom is -0.390 e. The number of rotatable bonds is 0. The lowest BCUT2D eigenvalue weighted by Gasteiger charge is -2.46. The lowest BCUT2D eigenvalue weighted by atomic mass is 10.2. The van der Waals surface area contributed by atoms with Crippen LogP contribution in [0.5, 0.6) is 0 Å². The molecule has 1 fully saturated rings. The average Bonchev–Trinajstić information content (AvgIpc) is 2.83. The summed E-state index contributed by atoms with van der Waals surface area (Å²) >= 11 is 12.0. The molecule has 0 amide bonds. The minimum absolute atomic E-state index is 0.185. The Morgan fingerprint density at radius 2 is 1.60 bits per heavy atom. The summed E-state index contributed by atoms with van der Waals surface area (Å²) in [5.41, 5.74) is 1.67. The van der Waals surface area contributed by atoms with Gasteiger partial charge in [0.1, 0.15) is 0 Å². The van der Waals surface area contributed by atoms with Crippen LogP contribution < -0.4 is 0 Å². The molecule has 20 heavy (non-hydrogen) atoms. The Hall–Kier alpha value is -0.136. The van der Waals surface area contributed by atoms with Crippen molar-refractivity contribution in [1.82, 2.24) is 0 Å². The van der Waals surface area contributed by atoms with Crippen LogP contribution in [-0.4, -0.2) is 25.7 Å². The molecule has 0 unspecified atom stereocenters. The number of alkyl halides is 2. The molecule has 0 spiro atoms. The molecule has 3 rings (SSSR count). The molecule has 0 aromatic heterocycles. The molecule has 3 aliphatic rings. The first-order valence-electron chi connectivity index (χ1n) is 6.77. The summed E-state index contributed by atoms with van der Waals surface area (Å²) in [5, 5.41) is 0. The summed E-state index contributed by atoms with van der Waals surface area (Å²) in [4.78, 5) is 10.8. The Labute approximate surface area is 132 Å². The standard InChI is InChI=1S/C7H16Cl2OSi2.C7H4O/c1-11(2)6-5-7(8,9)10-12(11,3)4;8-7-5-1-2-6(7)4-3-5/h5-6H2,1-4H3;1-4H. The van der Waals surface area contributed by atoms with Crippen LogP contribution in [0.1, 0.15) is 6.42 Å². The minimum atomic E-state index is -1.58. The number of fused-ring (bicyclic) bond motifs is 2. The van der Waals surface area contributed by atoms with Gasteiger partial charge in [-0.25, -0.2) is 0 Å². The molecule has 0 N–H and O–H groups in total. The second-order valence-corrected chi connectivity index (χ2v) is 23.1. The maximum Gasteiger partial charge on any atom is 0.207 e. The van der Waals surface area contributed by atoms with Crippen LogP contribution in [0, 0.1) is 0 Å². The van der Waals surface area contributed by atoms with Gasteiger partial charge in [0, 0.05) is 17.6 Å². The molecule has 6 heteroatoms. The van der Waals surface area contributed by atoms with Crippen LogP contribution >= 0.6 is 23.2 Å². The summed E-state index contributed by atoms with van der Waals surface area (Å²) in [7, 11) is -2.74. The quantitative estimate of drug-likeness (QED) is 0.476. The number of carbonyl (C=O) groups excluding carboxylic acids is 1. The molecular formula is C14H20Cl2O2Si2. The fourth-order valence-electron chi connectivity index (χ4n) is 2.26. The third-order valence-corrected chi connectivity index (χ3v) is 21.7. The average molecular weight is 347 g/mol. The van der Waals surface area contributed by atoms with Gasteiger partial charge < -0.3 is 4.43 Å². The van der Waals surface area contributed by atoms with E-state index in [4.69, 9.17) is 27.6 Å². The van der Waals surface area contributed by atoms with Crippen LogP contribution in [-0.2, 0) is 9.22 Å². The molecule has 0 aromatic rings. The first kappa shape index (κ1) is 16.2. The second kappa shape index (κ2) is 5.25. The van der Waals surface area contributed by atoms with Gasteiger partial charge in [-0.3, -0.25) is 4.79 Å². The van der Waals surface area contributed by atoms with Crippen LogP contribution in [0.2, 0.25) is 32.2 Å². The van der Waals surface area contributed by atoms with Crippen molar-refractivity contribution in [3.05, 3.63) is 35.5 Å². The smallest absolute Gasteiger partial charge is 0.207 e. The third kappa shape index (κ3) is 3.20. The molecule has 1 aliphatic heterocycles. The van der Waals surface area contributed by atoms with Crippen LogP contribution in [0.4, 0.5) is 0 Å². The van der Waals surface area contributed by atoms with E-state index < -0.39 is 19.9 Å². The fourth-order valence-corrected chi connectivity index (χ4v) is 10.5. The Kier molecular flexibility index (Phi) is 4.26. The SMILES string of the molecule is C[Si]1(C)CCC(Cl)(Cl)O[Si]1(C)C.O=C1C2=CC=C1C=C2. The number of Topliss-reactive ketones (excluding diaryl/α,β-unsaturated/α-hetero) is 1. The first-order chi connectivity index (χ1) is 9.04. The van der Waals surface area contributed by atoms with Crippen LogP contribution in [0.15, 0.2) is 35.5 Å². The number of hydrogen-bond acceptors (Lipinski definition) is 2. The largest absolute Gasteiger partial charge is 0.390 e. The van der Waals surface area contributed by atoms with Crippen molar-refractivity contribution in [3.8, 4) is 0 Å². The zero-order valence-corrected chi connectivity index (χ0v) is 15.8. The lowest BCUT2D eigenvalue weighted by molar-refractivity contribution is -0.111. The molecule has 0 saturated carbocycles. The molecule has 1 saturated heterocycles. The van der Waals surface area contributed by atoms with Gasteiger partial charge in [-0.05, 0) is 13.1 Å². The molecular weight excluding hydrogens is 327 g/mol. The van der Waals surface area contributed by atoms with Crippen molar-refractivity contribution in [1.29, 1.82) is 0 Å². The molecule has 1 heterocycles. The third-order valence-electron chi connectivity index (χ3n) is 4.48. The van der Waals surface area contributed by atoms with E-state index in [-0.39, 0.29) is 5.78 Å².